The number of carbonyl (C=O) groups excluding carboxylic acids is 2. The first kappa shape index (κ1) is 21.0. The Kier molecular flexibility index (Phi) is 6.27. The predicted molar refractivity (Wildman–Crippen MR) is 119 cm³/mol. The lowest BCUT2D eigenvalue weighted by atomic mass is 10.1. The van der Waals surface area contributed by atoms with Crippen molar-refractivity contribution in [2.45, 2.75) is 26.7 Å². The summed E-state index contributed by atoms with van der Waals surface area (Å²) in [6.07, 6.45) is 0. The number of aromatic nitrogens is 1. The highest BCUT2D eigenvalue weighted by molar-refractivity contribution is 7.17. The average Bonchev–Trinajstić information content (AvgIpc) is 3.35. The van der Waals surface area contributed by atoms with E-state index in [1.807, 2.05) is 42.5 Å². The molecule has 1 aromatic heterocycles. The molecule has 1 fully saturated rings. The van der Waals surface area contributed by atoms with E-state index in [9.17, 15) is 14.0 Å². The minimum absolute atomic E-state index is 0.139. The van der Waals surface area contributed by atoms with Crippen molar-refractivity contribution in [2.75, 3.05) is 18.0 Å². The number of thiazole rings is 1. The highest BCUT2D eigenvalue weighted by Gasteiger charge is 2.32. The van der Waals surface area contributed by atoms with Crippen LogP contribution in [0.5, 0.6) is 0 Å². The molecule has 2 aromatic carbocycles. The van der Waals surface area contributed by atoms with Crippen LogP contribution in [0.1, 0.15) is 32.1 Å². The van der Waals surface area contributed by atoms with Gasteiger partial charge >= 0.3 is 6.03 Å². The fraction of sp³-hybridized carbons (Fsp3) is 0.261. The fourth-order valence-corrected chi connectivity index (χ4v) is 4.43. The van der Waals surface area contributed by atoms with Gasteiger partial charge in [0.05, 0.1) is 5.69 Å². The third-order valence-corrected chi connectivity index (χ3v) is 6.34. The number of urea groups is 1. The van der Waals surface area contributed by atoms with Gasteiger partial charge in [-0.25, -0.2) is 14.2 Å². The number of hydrogen-bond donors (Lipinski definition) is 1. The summed E-state index contributed by atoms with van der Waals surface area (Å²) in [4.78, 5) is 33.9. The molecule has 31 heavy (non-hydrogen) atoms. The van der Waals surface area contributed by atoms with Crippen LogP contribution < -0.4 is 10.2 Å². The molecule has 2 heterocycles. The van der Waals surface area contributed by atoms with Crippen LogP contribution in [0.4, 0.5) is 14.3 Å². The number of rotatable bonds is 7. The van der Waals surface area contributed by atoms with Gasteiger partial charge < -0.3 is 10.2 Å². The van der Waals surface area contributed by atoms with Gasteiger partial charge in [0.15, 0.2) is 5.13 Å². The summed E-state index contributed by atoms with van der Waals surface area (Å²) in [5.41, 5.74) is 3.19. The van der Waals surface area contributed by atoms with Crippen LogP contribution in [0, 0.1) is 6.92 Å². The van der Waals surface area contributed by atoms with E-state index in [1.54, 1.807) is 28.9 Å². The largest absolute Gasteiger partial charge is 0.347 e. The van der Waals surface area contributed by atoms with Crippen molar-refractivity contribution in [1.82, 2.24) is 15.2 Å². The van der Waals surface area contributed by atoms with Crippen LogP contribution in [-0.4, -0.2) is 34.9 Å². The normalized spacial score (nSPS) is 13.7. The van der Waals surface area contributed by atoms with Crippen LogP contribution in [0.2, 0.25) is 0 Å². The van der Waals surface area contributed by atoms with E-state index < -0.39 is 6.67 Å². The van der Waals surface area contributed by atoms with Gasteiger partial charge in [0, 0.05) is 26.2 Å². The van der Waals surface area contributed by atoms with Crippen LogP contribution in [0.15, 0.2) is 54.6 Å². The summed E-state index contributed by atoms with van der Waals surface area (Å²) in [6, 6.07) is 16.7. The molecule has 6 nitrogen and oxygen atoms in total. The van der Waals surface area contributed by atoms with Crippen molar-refractivity contribution in [3.63, 3.8) is 0 Å². The van der Waals surface area contributed by atoms with Gasteiger partial charge in [-0.2, -0.15) is 0 Å². The monoisotopic (exact) mass is 438 g/mol. The van der Waals surface area contributed by atoms with Crippen LogP contribution in [-0.2, 0) is 19.8 Å². The van der Waals surface area contributed by atoms with Crippen molar-refractivity contribution >= 4 is 28.4 Å². The van der Waals surface area contributed by atoms with Crippen molar-refractivity contribution in [2.24, 2.45) is 0 Å². The minimum Gasteiger partial charge on any atom is -0.347 e. The molecule has 1 aliphatic heterocycles. The number of alkyl halides is 1. The number of hydrogen-bond acceptors (Lipinski definition) is 4. The smallest absolute Gasteiger partial charge is 0.326 e. The zero-order chi connectivity index (χ0) is 21.8. The van der Waals surface area contributed by atoms with Crippen molar-refractivity contribution in [1.29, 1.82) is 0 Å². The van der Waals surface area contributed by atoms with E-state index in [1.165, 1.54) is 11.3 Å². The summed E-state index contributed by atoms with van der Waals surface area (Å²) >= 11 is 1.23. The molecular weight excluding hydrogens is 415 g/mol. The standard InChI is InChI=1S/C23H23FN4O2S/c1-16-20(21(29)25-14-18-5-3-2-4-6-18)31-22(26-16)28-12-11-27(23(28)30)15-19-9-7-17(13-24)8-10-19/h2-10H,11-15H2,1H3,(H,25,29). The molecule has 8 heteroatoms. The molecular formula is C23H23FN4O2S. The quantitative estimate of drug-likeness (QED) is 0.598. The summed E-state index contributed by atoms with van der Waals surface area (Å²) in [7, 11) is 0. The van der Waals surface area contributed by atoms with Gasteiger partial charge in [-0.1, -0.05) is 65.9 Å². The Labute approximate surface area is 184 Å². The lowest BCUT2D eigenvalue weighted by Gasteiger charge is -2.17. The highest BCUT2D eigenvalue weighted by atomic mass is 32.1. The van der Waals surface area contributed by atoms with E-state index in [4.69, 9.17) is 0 Å². The Morgan fingerprint density at radius 2 is 1.77 bits per heavy atom. The Balaban J connectivity index is 1.40. The zero-order valence-electron chi connectivity index (χ0n) is 17.2. The molecule has 1 N–H and O–H groups in total. The number of aryl methyl sites for hydroxylation is 1. The molecule has 0 saturated carbocycles. The maximum absolute atomic E-state index is 12.9. The van der Waals surface area contributed by atoms with E-state index in [0.717, 1.165) is 11.1 Å². The Bertz CT molecular complexity index is 1070. The second-order valence-corrected chi connectivity index (χ2v) is 8.36. The number of nitrogens with one attached hydrogen (secondary N) is 1. The summed E-state index contributed by atoms with van der Waals surface area (Å²) in [5, 5.41) is 3.44. The molecule has 0 aliphatic carbocycles. The number of halogens is 1. The van der Waals surface area contributed by atoms with E-state index in [0.29, 0.717) is 47.4 Å². The molecule has 0 bridgehead atoms. The number of carbonyl (C=O) groups is 2. The van der Waals surface area contributed by atoms with E-state index >= 15 is 0 Å². The fourth-order valence-electron chi connectivity index (χ4n) is 3.43. The molecule has 3 aromatic rings. The third-order valence-electron chi connectivity index (χ3n) is 5.16. The van der Waals surface area contributed by atoms with Crippen LogP contribution in [0.3, 0.4) is 0 Å². The maximum Gasteiger partial charge on any atom is 0.326 e. The van der Waals surface area contributed by atoms with Crippen LogP contribution in [0.25, 0.3) is 0 Å². The Hall–Kier alpha value is -3.26. The van der Waals surface area contributed by atoms with Crippen molar-refractivity contribution in [3.8, 4) is 0 Å². The van der Waals surface area contributed by atoms with Gasteiger partial charge in [0.25, 0.3) is 5.91 Å². The zero-order valence-corrected chi connectivity index (χ0v) is 18.0. The topological polar surface area (TPSA) is 65.5 Å². The molecule has 1 aliphatic rings. The predicted octanol–water partition coefficient (Wildman–Crippen LogP) is 4.29. The lowest BCUT2D eigenvalue weighted by molar-refractivity contribution is 0.0954. The summed E-state index contributed by atoms with van der Waals surface area (Å²) < 4.78 is 12.7. The molecule has 4 rings (SSSR count). The molecule has 0 spiro atoms. The first-order valence-corrected chi connectivity index (χ1v) is 10.9. The van der Waals surface area contributed by atoms with Gasteiger partial charge in [0.2, 0.25) is 0 Å². The first-order chi connectivity index (χ1) is 15.0. The average molecular weight is 439 g/mol. The maximum atomic E-state index is 12.9. The van der Waals surface area contributed by atoms with Crippen molar-refractivity contribution in [3.05, 3.63) is 81.9 Å². The second kappa shape index (κ2) is 9.26. The van der Waals surface area contributed by atoms with Crippen LogP contribution >= 0.6 is 11.3 Å². The molecule has 0 unspecified atom stereocenters. The number of benzene rings is 2. The minimum atomic E-state index is -0.499. The molecule has 1 saturated heterocycles. The van der Waals surface area contributed by atoms with Crippen molar-refractivity contribution < 1.29 is 14.0 Å². The van der Waals surface area contributed by atoms with Gasteiger partial charge in [-0.3, -0.25) is 9.69 Å². The summed E-state index contributed by atoms with van der Waals surface area (Å²) in [5.74, 6) is -0.193. The lowest BCUT2D eigenvalue weighted by Crippen LogP contribution is -2.31. The molecule has 3 amide bonds. The number of anilines is 1. The molecule has 0 radical (unpaired) electrons. The Morgan fingerprint density at radius 1 is 1.06 bits per heavy atom. The Morgan fingerprint density at radius 3 is 2.48 bits per heavy atom. The SMILES string of the molecule is Cc1nc(N2CCN(Cc3ccc(CF)cc3)C2=O)sc1C(=O)NCc1ccccc1. The summed E-state index contributed by atoms with van der Waals surface area (Å²) in [6.45, 7) is 3.25. The van der Waals surface area contributed by atoms with E-state index in [2.05, 4.69) is 10.3 Å². The van der Waals surface area contributed by atoms with E-state index in [-0.39, 0.29) is 11.9 Å². The first-order valence-electron chi connectivity index (χ1n) is 10.0. The number of amides is 3. The van der Waals surface area contributed by atoms with Gasteiger partial charge in [-0.15, -0.1) is 0 Å². The second-order valence-electron chi connectivity index (χ2n) is 7.39. The molecule has 160 valence electrons. The highest BCUT2D eigenvalue weighted by Crippen LogP contribution is 2.29. The molecule has 0 atom stereocenters. The van der Waals surface area contributed by atoms with Gasteiger partial charge in [0.1, 0.15) is 11.6 Å². The third kappa shape index (κ3) is 4.74. The number of nitrogens with zero attached hydrogens (tertiary/aromatic N) is 3. The van der Waals surface area contributed by atoms with Gasteiger partial charge in [-0.05, 0) is 23.6 Å².